The highest BCUT2D eigenvalue weighted by Gasteiger charge is 2.44. The minimum Gasteiger partial charge on any atom is -0.325 e. The van der Waals surface area contributed by atoms with Crippen LogP contribution in [0.3, 0.4) is 0 Å². The van der Waals surface area contributed by atoms with E-state index in [1.54, 1.807) is 23.6 Å². The first kappa shape index (κ1) is 20.6. The summed E-state index contributed by atoms with van der Waals surface area (Å²) in [6, 6.07) is 6.64. The molecule has 0 saturated carbocycles. The van der Waals surface area contributed by atoms with Gasteiger partial charge in [0.05, 0.1) is 21.0 Å². The van der Waals surface area contributed by atoms with Crippen LogP contribution in [0.15, 0.2) is 29.6 Å². The van der Waals surface area contributed by atoms with Gasteiger partial charge in [-0.3, -0.25) is 4.79 Å². The van der Waals surface area contributed by atoms with Gasteiger partial charge in [0.1, 0.15) is 5.82 Å². The first-order valence-electron chi connectivity index (χ1n) is 8.88. The number of rotatable bonds is 4. The number of carbonyl (C=O) groups is 1. The number of hydrogen-bond donors (Lipinski definition) is 2. The van der Waals surface area contributed by atoms with Crippen molar-refractivity contribution < 1.29 is 9.18 Å². The van der Waals surface area contributed by atoms with Crippen molar-refractivity contribution in [1.82, 2.24) is 5.32 Å². The van der Waals surface area contributed by atoms with Crippen LogP contribution in [-0.2, 0) is 4.79 Å². The normalized spacial score (nSPS) is 22.8. The molecule has 3 rings (SSSR count). The van der Waals surface area contributed by atoms with Crippen molar-refractivity contribution in [2.75, 3.05) is 11.9 Å². The molecule has 0 spiro atoms. The average Bonchev–Trinajstić information content (AvgIpc) is 3.15. The van der Waals surface area contributed by atoms with Crippen LogP contribution in [-0.4, -0.2) is 18.5 Å². The third-order valence-electron chi connectivity index (χ3n) is 4.82. The van der Waals surface area contributed by atoms with Gasteiger partial charge < -0.3 is 10.6 Å². The van der Waals surface area contributed by atoms with Gasteiger partial charge in [-0.1, -0.05) is 56.1 Å². The molecular formula is C20H23Cl2FN2OS. The van der Waals surface area contributed by atoms with Crippen molar-refractivity contribution in [1.29, 1.82) is 0 Å². The largest absolute Gasteiger partial charge is 0.325 e. The topological polar surface area (TPSA) is 41.1 Å². The van der Waals surface area contributed by atoms with Gasteiger partial charge in [0.15, 0.2) is 0 Å². The highest BCUT2D eigenvalue weighted by atomic mass is 35.5. The molecular weight excluding hydrogens is 406 g/mol. The molecule has 3 atom stereocenters. The number of thiophene rings is 1. The van der Waals surface area contributed by atoms with Crippen molar-refractivity contribution in [3.63, 3.8) is 0 Å². The smallest absolute Gasteiger partial charge is 0.229 e. The lowest BCUT2D eigenvalue weighted by Crippen LogP contribution is -2.38. The van der Waals surface area contributed by atoms with Crippen LogP contribution in [0, 0.1) is 17.2 Å². The number of hydrogen-bond acceptors (Lipinski definition) is 3. The van der Waals surface area contributed by atoms with E-state index in [-0.39, 0.29) is 28.3 Å². The lowest BCUT2D eigenvalue weighted by atomic mass is 9.78. The second kappa shape index (κ2) is 8.08. The highest BCUT2D eigenvalue weighted by Crippen LogP contribution is 2.39. The van der Waals surface area contributed by atoms with E-state index in [1.807, 2.05) is 0 Å². The van der Waals surface area contributed by atoms with Crippen LogP contribution in [0.4, 0.5) is 10.1 Å². The van der Waals surface area contributed by atoms with E-state index >= 15 is 0 Å². The van der Waals surface area contributed by atoms with Gasteiger partial charge in [0.25, 0.3) is 0 Å². The number of carbonyl (C=O) groups excluding carboxylic acids is 1. The Morgan fingerprint density at radius 1 is 1.37 bits per heavy atom. The highest BCUT2D eigenvalue weighted by molar-refractivity contribution is 7.14. The molecule has 1 aliphatic rings. The summed E-state index contributed by atoms with van der Waals surface area (Å²) in [5.41, 5.74) is 1.18. The van der Waals surface area contributed by atoms with Crippen molar-refractivity contribution in [3.8, 4) is 0 Å². The molecule has 7 heteroatoms. The molecule has 0 aliphatic carbocycles. The SMILES string of the molecule is CC(C)(C)CC1NCC(c2cccc(Cl)c2F)C1C(=O)Nc1csc(Cl)c1. The van der Waals surface area contributed by atoms with E-state index < -0.39 is 11.7 Å². The third-order valence-corrected chi connectivity index (χ3v) is 6.20. The first-order chi connectivity index (χ1) is 12.7. The maximum atomic E-state index is 14.7. The number of anilines is 1. The van der Waals surface area contributed by atoms with Gasteiger partial charge in [-0.05, 0) is 29.5 Å². The summed E-state index contributed by atoms with van der Waals surface area (Å²) in [5, 5.41) is 8.26. The number of halogens is 3. The zero-order valence-corrected chi connectivity index (χ0v) is 17.8. The maximum Gasteiger partial charge on any atom is 0.229 e. The van der Waals surface area contributed by atoms with Crippen molar-refractivity contribution in [3.05, 3.63) is 50.4 Å². The zero-order chi connectivity index (χ0) is 19.8. The molecule has 0 bridgehead atoms. The van der Waals surface area contributed by atoms with Crippen LogP contribution in [0.5, 0.6) is 0 Å². The molecule has 2 aromatic rings. The summed E-state index contributed by atoms with van der Waals surface area (Å²) < 4.78 is 15.3. The predicted molar refractivity (Wildman–Crippen MR) is 111 cm³/mol. The molecule has 1 aliphatic heterocycles. The Balaban J connectivity index is 1.92. The van der Waals surface area contributed by atoms with Crippen LogP contribution in [0.25, 0.3) is 0 Å². The minimum absolute atomic E-state index is 0.0314. The fourth-order valence-electron chi connectivity index (χ4n) is 3.75. The molecule has 3 unspecified atom stereocenters. The quantitative estimate of drug-likeness (QED) is 0.632. The lowest BCUT2D eigenvalue weighted by molar-refractivity contribution is -0.120. The fraction of sp³-hybridized carbons (Fsp3) is 0.450. The summed E-state index contributed by atoms with van der Waals surface area (Å²) >= 11 is 13.3. The summed E-state index contributed by atoms with van der Waals surface area (Å²) in [6.45, 7) is 6.93. The molecule has 1 aromatic heterocycles. The number of benzene rings is 1. The van der Waals surface area contributed by atoms with Gasteiger partial charge in [0, 0.05) is 23.9 Å². The molecule has 1 fully saturated rings. The standard InChI is InChI=1S/C20H23Cl2FN2OS/c1-20(2,3)8-15-17(19(26)25-11-7-16(22)27-10-11)13(9-24-15)12-5-4-6-14(21)18(12)23/h4-7,10,13,15,17,24H,8-9H2,1-3H3,(H,25,26). The van der Waals surface area contributed by atoms with Crippen LogP contribution >= 0.6 is 34.5 Å². The van der Waals surface area contributed by atoms with E-state index in [0.29, 0.717) is 22.1 Å². The Hall–Kier alpha value is -1.14. The third kappa shape index (κ3) is 4.83. The van der Waals surface area contributed by atoms with E-state index in [9.17, 15) is 9.18 Å². The molecule has 1 saturated heterocycles. The van der Waals surface area contributed by atoms with E-state index in [4.69, 9.17) is 23.2 Å². The zero-order valence-electron chi connectivity index (χ0n) is 15.5. The molecule has 3 nitrogen and oxygen atoms in total. The van der Waals surface area contributed by atoms with Crippen molar-refractivity contribution in [2.45, 2.75) is 39.2 Å². The summed E-state index contributed by atoms with van der Waals surface area (Å²) in [6.07, 6.45) is 0.800. The second-order valence-corrected chi connectivity index (χ2v) is 10.1. The molecule has 27 heavy (non-hydrogen) atoms. The summed E-state index contributed by atoms with van der Waals surface area (Å²) in [4.78, 5) is 13.2. The first-order valence-corrected chi connectivity index (χ1v) is 10.5. The van der Waals surface area contributed by atoms with Crippen LogP contribution in [0.1, 0.15) is 38.7 Å². The fourth-order valence-corrected chi connectivity index (χ4v) is 4.74. The monoisotopic (exact) mass is 428 g/mol. The van der Waals surface area contributed by atoms with Crippen LogP contribution < -0.4 is 10.6 Å². The van der Waals surface area contributed by atoms with Gasteiger partial charge in [-0.2, -0.15) is 0 Å². The maximum absolute atomic E-state index is 14.7. The van der Waals surface area contributed by atoms with E-state index in [2.05, 4.69) is 31.4 Å². The average molecular weight is 429 g/mol. The summed E-state index contributed by atoms with van der Waals surface area (Å²) in [5.74, 6) is -1.27. The Bertz CT molecular complexity index is 834. The number of amides is 1. The van der Waals surface area contributed by atoms with E-state index in [0.717, 1.165) is 6.42 Å². The van der Waals surface area contributed by atoms with Crippen molar-refractivity contribution >= 4 is 46.1 Å². The minimum atomic E-state index is -0.446. The molecule has 0 radical (unpaired) electrons. The molecule has 146 valence electrons. The van der Waals surface area contributed by atoms with Gasteiger partial charge in [0.2, 0.25) is 5.91 Å². The summed E-state index contributed by atoms with van der Waals surface area (Å²) in [7, 11) is 0. The molecule has 2 N–H and O–H groups in total. The van der Waals surface area contributed by atoms with Gasteiger partial charge in [-0.15, -0.1) is 11.3 Å². The van der Waals surface area contributed by atoms with Gasteiger partial charge >= 0.3 is 0 Å². The Labute approximate surface area is 173 Å². The predicted octanol–water partition coefficient (Wildman–Crippen LogP) is 5.94. The van der Waals surface area contributed by atoms with Gasteiger partial charge in [-0.25, -0.2) is 4.39 Å². The molecule has 2 heterocycles. The molecule has 1 amide bonds. The van der Waals surface area contributed by atoms with Crippen molar-refractivity contribution in [2.24, 2.45) is 11.3 Å². The number of nitrogens with one attached hydrogen (secondary N) is 2. The lowest BCUT2D eigenvalue weighted by Gasteiger charge is -2.29. The Morgan fingerprint density at radius 2 is 2.11 bits per heavy atom. The second-order valence-electron chi connectivity index (χ2n) is 8.18. The Morgan fingerprint density at radius 3 is 2.74 bits per heavy atom. The van der Waals surface area contributed by atoms with E-state index in [1.165, 1.54) is 17.4 Å². The Kier molecular flexibility index (Phi) is 6.16. The van der Waals surface area contributed by atoms with Crippen LogP contribution in [0.2, 0.25) is 9.36 Å². The molecule has 1 aromatic carbocycles.